The maximum absolute atomic E-state index is 12.6. The van der Waals surface area contributed by atoms with Crippen molar-refractivity contribution >= 4 is 9.84 Å². The van der Waals surface area contributed by atoms with Crippen molar-refractivity contribution in [2.45, 2.75) is 61.5 Å². The van der Waals surface area contributed by atoms with E-state index in [0.717, 1.165) is 5.56 Å². The molecule has 2 saturated heterocycles. The van der Waals surface area contributed by atoms with Crippen LogP contribution in [0.25, 0.3) is 0 Å². The molecule has 2 aliphatic rings. The van der Waals surface area contributed by atoms with Crippen LogP contribution in [-0.2, 0) is 24.0 Å². The number of hydrogen-bond acceptors (Lipinski definition) is 7. The third kappa shape index (κ3) is 2.90. The topological polar surface area (TPSA) is 102 Å². The average molecular weight is 344 g/mol. The number of fused-ring (bicyclic) bond motifs is 1. The molecule has 0 bridgehead atoms. The first-order valence-corrected chi connectivity index (χ1v) is 8.84. The van der Waals surface area contributed by atoms with Gasteiger partial charge in [-0.1, -0.05) is 17.7 Å². The van der Waals surface area contributed by atoms with Crippen molar-refractivity contribution < 1.29 is 32.8 Å². The average Bonchev–Trinajstić information content (AvgIpc) is 2.93. The van der Waals surface area contributed by atoms with Gasteiger partial charge < -0.3 is 24.4 Å². The zero-order valence-electron chi connectivity index (χ0n) is 13.0. The molecule has 23 heavy (non-hydrogen) atoms. The first-order valence-electron chi connectivity index (χ1n) is 7.30. The maximum Gasteiger partial charge on any atom is 0.207 e. The number of rotatable bonds is 3. The molecule has 2 heterocycles. The summed E-state index contributed by atoms with van der Waals surface area (Å²) in [6.45, 7) is 5.13. The Balaban J connectivity index is 1.88. The van der Waals surface area contributed by atoms with Crippen LogP contribution in [0.15, 0.2) is 29.2 Å². The summed E-state index contributed by atoms with van der Waals surface area (Å²) in [7, 11) is -4.05. The minimum absolute atomic E-state index is 0.0182. The summed E-state index contributed by atoms with van der Waals surface area (Å²) in [6.07, 6.45) is -4.29. The van der Waals surface area contributed by atoms with E-state index in [9.17, 15) is 18.6 Å². The Morgan fingerprint density at radius 2 is 1.70 bits per heavy atom. The van der Waals surface area contributed by atoms with Crippen LogP contribution in [0.3, 0.4) is 0 Å². The molecule has 1 aromatic carbocycles. The molecule has 2 fully saturated rings. The van der Waals surface area contributed by atoms with Crippen molar-refractivity contribution in [3.63, 3.8) is 0 Å². The van der Waals surface area contributed by atoms with Gasteiger partial charge in [-0.15, -0.1) is 0 Å². The molecule has 2 aliphatic heterocycles. The van der Waals surface area contributed by atoms with E-state index in [1.165, 1.54) is 12.1 Å². The van der Waals surface area contributed by atoms with Crippen LogP contribution in [0.2, 0.25) is 0 Å². The Bertz CT molecular complexity index is 682. The Labute approximate surface area is 134 Å². The van der Waals surface area contributed by atoms with E-state index in [0.29, 0.717) is 0 Å². The fourth-order valence-electron chi connectivity index (χ4n) is 2.88. The van der Waals surface area contributed by atoms with Crippen molar-refractivity contribution in [3.05, 3.63) is 29.8 Å². The second-order valence-corrected chi connectivity index (χ2v) is 8.35. The molecule has 0 aromatic heterocycles. The minimum Gasteiger partial charge on any atom is -0.375 e. The van der Waals surface area contributed by atoms with Crippen LogP contribution < -0.4 is 0 Å². The predicted molar refractivity (Wildman–Crippen MR) is 79.1 cm³/mol. The maximum atomic E-state index is 12.6. The van der Waals surface area contributed by atoms with Gasteiger partial charge in [0.25, 0.3) is 0 Å². The van der Waals surface area contributed by atoms with E-state index in [1.54, 1.807) is 26.0 Å². The molecule has 1 unspecified atom stereocenters. The third-order valence-corrected chi connectivity index (χ3v) is 5.85. The van der Waals surface area contributed by atoms with Crippen molar-refractivity contribution in [2.75, 3.05) is 0 Å². The highest BCUT2D eigenvalue weighted by Crippen LogP contribution is 2.40. The summed E-state index contributed by atoms with van der Waals surface area (Å²) in [5.74, 6) is -0.980. The Kier molecular flexibility index (Phi) is 4.03. The summed E-state index contributed by atoms with van der Waals surface area (Å²) < 4.78 is 41.4. The van der Waals surface area contributed by atoms with Crippen molar-refractivity contribution in [3.8, 4) is 0 Å². The summed E-state index contributed by atoms with van der Waals surface area (Å²) in [6, 6.07) is 6.13. The van der Waals surface area contributed by atoms with E-state index in [1.807, 2.05) is 6.92 Å². The Morgan fingerprint density at radius 1 is 1.13 bits per heavy atom. The van der Waals surface area contributed by atoms with Gasteiger partial charge in [0.05, 0.1) is 4.90 Å². The van der Waals surface area contributed by atoms with E-state index < -0.39 is 45.7 Å². The van der Waals surface area contributed by atoms with Crippen LogP contribution in [0.5, 0.6) is 0 Å². The fourth-order valence-corrected chi connectivity index (χ4v) is 4.25. The first kappa shape index (κ1) is 16.8. The Hall–Kier alpha value is -1.03. The van der Waals surface area contributed by atoms with Gasteiger partial charge in [-0.2, -0.15) is 0 Å². The third-order valence-electron chi connectivity index (χ3n) is 4.01. The van der Waals surface area contributed by atoms with E-state index in [2.05, 4.69) is 0 Å². The molecule has 2 N–H and O–H groups in total. The lowest BCUT2D eigenvalue weighted by Crippen LogP contribution is -2.42. The monoisotopic (exact) mass is 344 g/mol. The van der Waals surface area contributed by atoms with Gasteiger partial charge in [-0.3, -0.25) is 0 Å². The van der Waals surface area contributed by atoms with Gasteiger partial charge in [0.2, 0.25) is 9.84 Å². The fraction of sp³-hybridized carbons (Fsp3) is 0.600. The van der Waals surface area contributed by atoms with Crippen molar-refractivity contribution in [2.24, 2.45) is 0 Å². The quantitative estimate of drug-likeness (QED) is 0.814. The molecular formula is C15H20O7S. The zero-order chi connectivity index (χ0) is 17.0. The van der Waals surface area contributed by atoms with E-state index in [4.69, 9.17) is 14.2 Å². The lowest BCUT2D eigenvalue weighted by atomic mass is 10.1. The van der Waals surface area contributed by atoms with Gasteiger partial charge in [-0.25, -0.2) is 8.42 Å². The molecule has 0 radical (unpaired) electrons. The highest BCUT2D eigenvalue weighted by molar-refractivity contribution is 7.92. The summed E-state index contributed by atoms with van der Waals surface area (Å²) in [4.78, 5) is -0.0182. The molecule has 128 valence electrons. The second kappa shape index (κ2) is 5.51. The van der Waals surface area contributed by atoms with Crippen molar-refractivity contribution in [1.29, 1.82) is 0 Å². The molecular weight excluding hydrogens is 324 g/mol. The van der Waals surface area contributed by atoms with Gasteiger partial charge in [0.15, 0.2) is 17.5 Å². The normalized spacial score (nSPS) is 34.3. The number of aryl methyl sites for hydroxylation is 1. The van der Waals surface area contributed by atoms with Gasteiger partial charge >= 0.3 is 0 Å². The predicted octanol–water partition coefficient (Wildman–Crippen LogP) is 0.324. The highest BCUT2D eigenvalue weighted by Gasteiger charge is 2.58. The molecule has 0 saturated carbocycles. The zero-order valence-corrected chi connectivity index (χ0v) is 13.9. The number of aliphatic hydroxyl groups is 2. The summed E-state index contributed by atoms with van der Waals surface area (Å²) in [5, 5.41) is 20.3. The van der Waals surface area contributed by atoms with E-state index in [-0.39, 0.29) is 4.90 Å². The molecule has 7 nitrogen and oxygen atoms in total. The van der Waals surface area contributed by atoms with E-state index >= 15 is 0 Å². The summed E-state index contributed by atoms with van der Waals surface area (Å²) >= 11 is 0. The molecule has 3 rings (SSSR count). The van der Waals surface area contributed by atoms with Gasteiger partial charge in [-0.05, 0) is 32.9 Å². The van der Waals surface area contributed by atoms with Crippen LogP contribution in [0.4, 0.5) is 0 Å². The van der Waals surface area contributed by atoms with Crippen molar-refractivity contribution in [1.82, 2.24) is 0 Å². The lowest BCUT2D eigenvalue weighted by molar-refractivity contribution is -0.225. The number of ether oxygens (including phenoxy) is 3. The molecule has 0 spiro atoms. The molecule has 5 atom stereocenters. The minimum atomic E-state index is -4.05. The van der Waals surface area contributed by atoms with Crippen LogP contribution in [0, 0.1) is 6.92 Å². The second-order valence-electron chi connectivity index (χ2n) is 6.30. The first-order chi connectivity index (χ1) is 10.6. The number of aliphatic hydroxyl groups excluding tert-OH is 2. The lowest BCUT2D eigenvalue weighted by Gasteiger charge is -2.25. The Morgan fingerprint density at radius 3 is 2.30 bits per heavy atom. The molecule has 0 aliphatic carbocycles. The number of benzene rings is 1. The smallest absolute Gasteiger partial charge is 0.207 e. The molecule has 8 heteroatoms. The van der Waals surface area contributed by atoms with Gasteiger partial charge in [0, 0.05) is 0 Å². The number of hydrogen-bond donors (Lipinski definition) is 2. The van der Waals surface area contributed by atoms with Gasteiger partial charge in [0.1, 0.15) is 18.3 Å². The largest absolute Gasteiger partial charge is 0.375 e. The van der Waals surface area contributed by atoms with Crippen LogP contribution in [0.1, 0.15) is 19.4 Å². The highest BCUT2D eigenvalue weighted by atomic mass is 32.2. The van der Waals surface area contributed by atoms with Crippen LogP contribution in [-0.4, -0.2) is 54.5 Å². The van der Waals surface area contributed by atoms with Crippen LogP contribution >= 0.6 is 0 Å². The standard InChI is InChI=1S/C15H20O7S/c1-8-4-6-9(7-5-8)23(18,19)14(17)12-10-11(13(16)20-12)22-15(2,3)21-10/h4-7,10-14,16-17H,1-3H3/t10-,11+,12+,13+,14?/m1/s1. The summed E-state index contributed by atoms with van der Waals surface area (Å²) in [5.41, 5.74) is -0.965. The molecule has 0 amide bonds. The molecule has 1 aromatic rings. The number of sulfone groups is 1. The SMILES string of the molecule is Cc1ccc(S(=O)(=O)C(O)[C@H]2O[C@H](O)[C@H]3OC(C)(C)O[C@H]32)cc1.